The average Bonchev–Trinajstić information content (AvgIpc) is 2.97. The molecule has 0 aliphatic rings. The van der Waals surface area contributed by atoms with E-state index in [0.29, 0.717) is 0 Å². The predicted octanol–water partition coefficient (Wildman–Crippen LogP) is 1.17. The fourth-order valence-electron chi connectivity index (χ4n) is 2.12. The third-order valence-electron chi connectivity index (χ3n) is 3.37. The van der Waals surface area contributed by atoms with Crippen LogP contribution in [-0.4, -0.2) is 25.3 Å². The van der Waals surface area contributed by atoms with E-state index in [1.807, 2.05) is 24.3 Å². The number of anilines is 1. The van der Waals surface area contributed by atoms with Crippen molar-refractivity contribution in [3.63, 3.8) is 0 Å². The van der Waals surface area contributed by atoms with Gasteiger partial charge in [-0.15, -0.1) is 0 Å². The fraction of sp³-hybridized carbons (Fsp3) is 0.143. The van der Waals surface area contributed by atoms with Crippen LogP contribution < -0.4 is 16.7 Å². The maximum atomic E-state index is 12.1. The fourth-order valence-corrected chi connectivity index (χ4v) is 2.51. The number of halogens is 1. The molecule has 2 N–H and O–H groups in total. The van der Waals surface area contributed by atoms with Crippen molar-refractivity contribution in [3.8, 4) is 0 Å². The van der Waals surface area contributed by atoms with Crippen molar-refractivity contribution < 1.29 is 0 Å². The van der Waals surface area contributed by atoms with Gasteiger partial charge in [0.15, 0.2) is 11.2 Å². The first kappa shape index (κ1) is 15.2. The van der Waals surface area contributed by atoms with Crippen LogP contribution in [0.2, 0.25) is 0 Å². The summed E-state index contributed by atoms with van der Waals surface area (Å²) in [4.78, 5) is 30.9. The van der Waals surface area contributed by atoms with Gasteiger partial charge in [-0.1, -0.05) is 34.1 Å². The van der Waals surface area contributed by atoms with Crippen LogP contribution in [0.1, 0.15) is 5.56 Å². The highest BCUT2D eigenvalue weighted by molar-refractivity contribution is 9.10. The van der Waals surface area contributed by atoms with E-state index in [1.165, 1.54) is 11.6 Å². The summed E-state index contributed by atoms with van der Waals surface area (Å²) >= 11 is 3.42. The highest BCUT2D eigenvalue weighted by atomic mass is 79.9. The maximum absolute atomic E-state index is 12.1. The number of nitrogens with one attached hydrogen (secondary N) is 2. The zero-order valence-corrected chi connectivity index (χ0v) is 14.0. The lowest BCUT2D eigenvalue weighted by Crippen LogP contribution is -2.36. The normalized spacial score (nSPS) is 11.4. The lowest BCUT2D eigenvalue weighted by atomic mass is 10.2. The van der Waals surface area contributed by atoms with E-state index in [-0.39, 0.29) is 17.1 Å². The number of benzene rings is 1. The topological polar surface area (TPSA) is 97.1 Å². The van der Waals surface area contributed by atoms with E-state index < -0.39 is 11.2 Å². The Kier molecular flexibility index (Phi) is 3.87. The van der Waals surface area contributed by atoms with Crippen LogP contribution in [0, 0.1) is 0 Å². The minimum Gasteiger partial charge on any atom is -0.317 e. The second kappa shape index (κ2) is 5.84. The first-order valence-corrected chi connectivity index (χ1v) is 7.47. The van der Waals surface area contributed by atoms with Gasteiger partial charge in [-0.25, -0.2) is 10.2 Å². The van der Waals surface area contributed by atoms with Crippen LogP contribution in [0.3, 0.4) is 0 Å². The van der Waals surface area contributed by atoms with Gasteiger partial charge in [0.25, 0.3) is 5.56 Å². The van der Waals surface area contributed by atoms with Crippen LogP contribution in [0.4, 0.5) is 5.95 Å². The summed E-state index contributed by atoms with van der Waals surface area (Å²) in [6.07, 6.45) is 1.62. The number of aryl methyl sites for hydroxylation is 1. The van der Waals surface area contributed by atoms with Crippen molar-refractivity contribution in [1.29, 1.82) is 0 Å². The molecule has 0 saturated carbocycles. The lowest BCUT2D eigenvalue weighted by molar-refractivity contribution is 0.709. The molecule has 0 amide bonds. The molecule has 0 bridgehead atoms. The van der Waals surface area contributed by atoms with Crippen LogP contribution in [-0.2, 0) is 14.1 Å². The molecule has 0 radical (unpaired) electrons. The summed E-state index contributed by atoms with van der Waals surface area (Å²) < 4.78 is 3.23. The Bertz CT molecular complexity index is 1030. The Morgan fingerprint density at radius 3 is 2.74 bits per heavy atom. The van der Waals surface area contributed by atoms with E-state index in [9.17, 15) is 9.59 Å². The zero-order chi connectivity index (χ0) is 16.6. The van der Waals surface area contributed by atoms with Crippen molar-refractivity contribution in [2.24, 2.45) is 19.2 Å². The molecule has 3 rings (SSSR count). The molecule has 0 atom stereocenters. The van der Waals surface area contributed by atoms with E-state index in [1.54, 1.807) is 13.3 Å². The number of aromatic nitrogens is 4. The second-order valence-corrected chi connectivity index (χ2v) is 5.74. The van der Waals surface area contributed by atoms with Gasteiger partial charge in [0.05, 0.1) is 6.21 Å². The Balaban J connectivity index is 1.95. The molecular weight excluding hydrogens is 364 g/mol. The first-order valence-electron chi connectivity index (χ1n) is 6.68. The summed E-state index contributed by atoms with van der Waals surface area (Å²) in [5, 5.41) is 4.08. The lowest BCUT2D eigenvalue weighted by Gasteiger charge is -2.00. The van der Waals surface area contributed by atoms with E-state index in [2.05, 4.69) is 36.4 Å². The summed E-state index contributed by atoms with van der Waals surface area (Å²) in [6, 6.07) is 7.60. The van der Waals surface area contributed by atoms with Gasteiger partial charge in [-0.05, 0) is 6.07 Å². The standard InChI is InChI=1S/C14H13BrN6O2/c1-20-11-10(12(22)21(2)14(20)23)17-13(18-11)19-16-7-8-5-3-4-6-9(8)15/h3-7H,1-2H3,(H2,17,18,19). The van der Waals surface area contributed by atoms with Gasteiger partial charge in [0.1, 0.15) is 0 Å². The smallest absolute Gasteiger partial charge is 0.317 e. The highest BCUT2D eigenvalue weighted by Gasteiger charge is 2.12. The van der Waals surface area contributed by atoms with Crippen LogP contribution >= 0.6 is 15.9 Å². The molecule has 1 aromatic carbocycles. The van der Waals surface area contributed by atoms with Crippen molar-refractivity contribution in [2.45, 2.75) is 0 Å². The number of imidazole rings is 1. The van der Waals surface area contributed by atoms with E-state index >= 15 is 0 Å². The molecule has 0 spiro atoms. The summed E-state index contributed by atoms with van der Waals surface area (Å²) in [6.45, 7) is 0. The third kappa shape index (κ3) is 2.70. The molecule has 0 fully saturated rings. The van der Waals surface area contributed by atoms with E-state index in [4.69, 9.17) is 0 Å². The van der Waals surface area contributed by atoms with Crippen LogP contribution in [0.5, 0.6) is 0 Å². The monoisotopic (exact) mass is 376 g/mol. The minimum atomic E-state index is -0.433. The minimum absolute atomic E-state index is 0.244. The zero-order valence-electron chi connectivity index (χ0n) is 12.4. The van der Waals surface area contributed by atoms with Crippen molar-refractivity contribution in [1.82, 2.24) is 19.1 Å². The predicted molar refractivity (Wildman–Crippen MR) is 91.9 cm³/mol. The number of nitrogens with zero attached hydrogens (tertiary/aromatic N) is 4. The molecule has 0 saturated heterocycles. The second-order valence-electron chi connectivity index (χ2n) is 4.88. The van der Waals surface area contributed by atoms with Crippen molar-refractivity contribution in [2.75, 3.05) is 5.43 Å². The molecule has 9 heteroatoms. The largest absolute Gasteiger partial charge is 0.332 e. The number of H-pyrrole nitrogens is 1. The average molecular weight is 377 g/mol. The number of hydrogen-bond donors (Lipinski definition) is 2. The van der Waals surface area contributed by atoms with Gasteiger partial charge >= 0.3 is 5.69 Å². The van der Waals surface area contributed by atoms with Gasteiger partial charge in [0.2, 0.25) is 5.95 Å². The van der Waals surface area contributed by atoms with Crippen molar-refractivity contribution in [3.05, 3.63) is 55.1 Å². The molecule has 2 aromatic heterocycles. The summed E-state index contributed by atoms with van der Waals surface area (Å²) in [5.41, 5.74) is 3.26. The number of hydrazone groups is 1. The Hall–Kier alpha value is -2.68. The van der Waals surface area contributed by atoms with Gasteiger partial charge < -0.3 is 4.98 Å². The third-order valence-corrected chi connectivity index (χ3v) is 4.10. The summed E-state index contributed by atoms with van der Waals surface area (Å²) in [5.74, 6) is 0.279. The van der Waals surface area contributed by atoms with Gasteiger partial charge in [-0.3, -0.25) is 13.9 Å². The quantitative estimate of drug-likeness (QED) is 0.529. The molecule has 3 aromatic rings. The molecule has 0 aliphatic carbocycles. The maximum Gasteiger partial charge on any atom is 0.332 e. The van der Waals surface area contributed by atoms with Crippen LogP contribution in [0.15, 0.2) is 43.4 Å². The number of fused-ring (bicyclic) bond motifs is 1. The molecular formula is C14H13BrN6O2. The van der Waals surface area contributed by atoms with Crippen LogP contribution in [0.25, 0.3) is 11.2 Å². The number of hydrogen-bond acceptors (Lipinski definition) is 5. The first-order chi connectivity index (χ1) is 11.0. The SMILES string of the molecule is Cn1c(=O)c2[nH]c(NN=Cc3ccccc3Br)nc2n(C)c1=O. The molecule has 118 valence electrons. The summed E-state index contributed by atoms with van der Waals surface area (Å²) in [7, 11) is 2.97. The molecule has 2 heterocycles. The Morgan fingerprint density at radius 2 is 2.00 bits per heavy atom. The van der Waals surface area contributed by atoms with E-state index in [0.717, 1.165) is 14.6 Å². The Morgan fingerprint density at radius 1 is 1.26 bits per heavy atom. The van der Waals surface area contributed by atoms with Gasteiger partial charge in [-0.2, -0.15) is 10.1 Å². The molecule has 23 heavy (non-hydrogen) atoms. The molecule has 0 unspecified atom stereocenters. The highest BCUT2D eigenvalue weighted by Crippen LogP contribution is 2.13. The Labute approximate surface area is 138 Å². The van der Waals surface area contributed by atoms with Crippen molar-refractivity contribution >= 4 is 39.3 Å². The van der Waals surface area contributed by atoms with Gasteiger partial charge in [0, 0.05) is 24.1 Å². The molecule has 0 aliphatic heterocycles. The number of aromatic amines is 1. The number of rotatable bonds is 3. The molecule has 8 nitrogen and oxygen atoms in total.